The number of amides is 2. The number of carbonyl (C=O) groups excluding carboxylic acids is 2. The van der Waals surface area contributed by atoms with Crippen LogP contribution < -0.4 is 5.32 Å². The summed E-state index contributed by atoms with van der Waals surface area (Å²) in [6.07, 6.45) is 4.03. The molecule has 2 aliphatic rings. The number of ether oxygens (including phenoxy) is 1. The number of nitrogens with one attached hydrogen (secondary N) is 1. The zero-order valence-corrected chi connectivity index (χ0v) is 13.8. The van der Waals surface area contributed by atoms with Crippen LogP contribution in [0.25, 0.3) is 0 Å². The van der Waals surface area contributed by atoms with Gasteiger partial charge in [-0.2, -0.15) is 0 Å². The molecule has 1 unspecified atom stereocenters. The molecule has 0 aromatic rings. The number of hydrogen-bond donors (Lipinski definition) is 1. The first-order chi connectivity index (χ1) is 10.6. The van der Waals surface area contributed by atoms with Gasteiger partial charge in [-0.25, -0.2) is 0 Å². The fourth-order valence-corrected chi connectivity index (χ4v) is 3.35. The second-order valence-electron chi connectivity index (χ2n) is 6.51. The van der Waals surface area contributed by atoms with E-state index in [1.54, 1.807) is 7.11 Å². The first-order valence-electron chi connectivity index (χ1n) is 8.39. The molecule has 0 aliphatic carbocycles. The highest BCUT2D eigenvalue weighted by Crippen LogP contribution is 2.21. The normalized spacial score (nSPS) is 21.8. The van der Waals surface area contributed by atoms with Crippen molar-refractivity contribution in [2.24, 2.45) is 5.92 Å². The van der Waals surface area contributed by atoms with Gasteiger partial charge in [0.05, 0.1) is 13.2 Å². The summed E-state index contributed by atoms with van der Waals surface area (Å²) in [4.78, 5) is 28.5. The van der Waals surface area contributed by atoms with Gasteiger partial charge in [-0.1, -0.05) is 0 Å². The van der Waals surface area contributed by atoms with Gasteiger partial charge >= 0.3 is 0 Å². The molecule has 2 fully saturated rings. The SMILES string of the molecule is COCC(C)NC(=O)CN1CCC(C(=O)N2CCCC2)CC1. The first-order valence-corrected chi connectivity index (χ1v) is 8.39. The number of piperidine rings is 1. The fourth-order valence-electron chi connectivity index (χ4n) is 3.35. The van der Waals surface area contributed by atoms with Crippen molar-refractivity contribution in [3.8, 4) is 0 Å². The van der Waals surface area contributed by atoms with Crippen LogP contribution in [0.2, 0.25) is 0 Å². The lowest BCUT2D eigenvalue weighted by atomic mass is 9.95. The molecule has 1 N–H and O–H groups in total. The molecule has 126 valence electrons. The lowest BCUT2D eigenvalue weighted by Gasteiger charge is -2.32. The van der Waals surface area contributed by atoms with Crippen LogP contribution in [0.3, 0.4) is 0 Å². The minimum atomic E-state index is 0.0341. The van der Waals surface area contributed by atoms with Crippen LogP contribution in [0.1, 0.15) is 32.6 Å². The van der Waals surface area contributed by atoms with E-state index in [0.29, 0.717) is 19.1 Å². The molecule has 6 heteroatoms. The molecule has 0 bridgehead atoms. The molecule has 0 radical (unpaired) electrons. The van der Waals surface area contributed by atoms with E-state index in [9.17, 15) is 9.59 Å². The number of nitrogens with zero attached hydrogens (tertiary/aromatic N) is 2. The Labute approximate surface area is 133 Å². The lowest BCUT2D eigenvalue weighted by molar-refractivity contribution is -0.136. The Morgan fingerprint density at radius 2 is 1.82 bits per heavy atom. The van der Waals surface area contributed by atoms with E-state index >= 15 is 0 Å². The molecule has 2 heterocycles. The molecular formula is C16H29N3O3. The Kier molecular flexibility index (Phi) is 6.64. The van der Waals surface area contributed by atoms with Crippen LogP contribution in [0.15, 0.2) is 0 Å². The highest BCUT2D eigenvalue weighted by molar-refractivity contribution is 5.80. The largest absolute Gasteiger partial charge is 0.383 e. The molecule has 0 aromatic carbocycles. The van der Waals surface area contributed by atoms with Crippen molar-refractivity contribution in [1.82, 2.24) is 15.1 Å². The third kappa shape index (κ3) is 4.95. The summed E-state index contributed by atoms with van der Waals surface area (Å²) in [5.41, 5.74) is 0. The second kappa shape index (κ2) is 8.48. The maximum atomic E-state index is 12.4. The van der Waals surface area contributed by atoms with E-state index in [4.69, 9.17) is 4.74 Å². The van der Waals surface area contributed by atoms with Gasteiger partial charge in [0.2, 0.25) is 11.8 Å². The van der Waals surface area contributed by atoms with Crippen molar-refractivity contribution < 1.29 is 14.3 Å². The molecule has 6 nitrogen and oxygen atoms in total. The summed E-state index contributed by atoms with van der Waals surface area (Å²) in [6.45, 7) is 6.39. The molecule has 22 heavy (non-hydrogen) atoms. The highest BCUT2D eigenvalue weighted by Gasteiger charge is 2.30. The Morgan fingerprint density at radius 3 is 2.41 bits per heavy atom. The van der Waals surface area contributed by atoms with Crippen LogP contribution >= 0.6 is 0 Å². The van der Waals surface area contributed by atoms with E-state index < -0.39 is 0 Å². The summed E-state index contributed by atoms with van der Waals surface area (Å²) in [7, 11) is 1.63. The molecular weight excluding hydrogens is 282 g/mol. The number of hydrogen-bond acceptors (Lipinski definition) is 4. The van der Waals surface area contributed by atoms with E-state index in [1.807, 2.05) is 11.8 Å². The Hall–Kier alpha value is -1.14. The number of carbonyl (C=O) groups is 2. The van der Waals surface area contributed by atoms with Gasteiger partial charge in [-0.05, 0) is 45.7 Å². The standard InChI is InChI=1S/C16H29N3O3/c1-13(12-22-2)17-15(20)11-18-9-5-14(6-10-18)16(21)19-7-3-4-8-19/h13-14H,3-12H2,1-2H3,(H,17,20). The monoisotopic (exact) mass is 311 g/mol. The number of methoxy groups -OCH3 is 1. The Morgan fingerprint density at radius 1 is 1.18 bits per heavy atom. The third-order valence-corrected chi connectivity index (χ3v) is 4.55. The summed E-state index contributed by atoms with van der Waals surface area (Å²) >= 11 is 0. The van der Waals surface area contributed by atoms with E-state index in [1.165, 1.54) is 0 Å². The minimum Gasteiger partial charge on any atom is -0.383 e. The summed E-state index contributed by atoms with van der Waals surface area (Å²) in [5, 5.41) is 2.93. The van der Waals surface area contributed by atoms with Gasteiger partial charge < -0.3 is 15.0 Å². The molecule has 1 atom stereocenters. The molecule has 2 rings (SSSR count). The number of likely N-dealkylation sites (tertiary alicyclic amines) is 2. The molecule has 0 aromatic heterocycles. The predicted molar refractivity (Wildman–Crippen MR) is 84.5 cm³/mol. The van der Waals surface area contributed by atoms with Crippen molar-refractivity contribution in [2.45, 2.75) is 38.6 Å². The van der Waals surface area contributed by atoms with Gasteiger partial charge in [0, 0.05) is 32.2 Å². The van der Waals surface area contributed by atoms with E-state index in [-0.39, 0.29) is 17.9 Å². The molecule has 0 spiro atoms. The summed E-state index contributed by atoms with van der Waals surface area (Å²) in [6, 6.07) is 0.0341. The molecule has 0 saturated carbocycles. The minimum absolute atomic E-state index is 0.0341. The van der Waals surface area contributed by atoms with Gasteiger partial charge in [-0.15, -0.1) is 0 Å². The number of rotatable bonds is 6. The van der Waals surface area contributed by atoms with Crippen LogP contribution in [0, 0.1) is 5.92 Å². The third-order valence-electron chi connectivity index (χ3n) is 4.55. The zero-order valence-electron chi connectivity index (χ0n) is 13.8. The van der Waals surface area contributed by atoms with Gasteiger partial charge in [0.15, 0.2) is 0 Å². The van der Waals surface area contributed by atoms with Crippen molar-refractivity contribution in [3.05, 3.63) is 0 Å². The Balaban J connectivity index is 1.68. The summed E-state index contributed by atoms with van der Waals surface area (Å²) in [5.74, 6) is 0.522. The van der Waals surface area contributed by atoms with Crippen molar-refractivity contribution in [1.29, 1.82) is 0 Å². The van der Waals surface area contributed by atoms with Crippen molar-refractivity contribution >= 4 is 11.8 Å². The topological polar surface area (TPSA) is 61.9 Å². The second-order valence-corrected chi connectivity index (χ2v) is 6.51. The van der Waals surface area contributed by atoms with Gasteiger partial charge in [0.25, 0.3) is 0 Å². The van der Waals surface area contributed by atoms with Gasteiger partial charge in [0.1, 0.15) is 0 Å². The van der Waals surface area contributed by atoms with Crippen LogP contribution in [-0.4, -0.2) is 74.1 Å². The smallest absolute Gasteiger partial charge is 0.234 e. The molecule has 2 aliphatic heterocycles. The van der Waals surface area contributed by atoms with Crippen molar-refractivity contribution in [2.75, 3.05) is 46.4 Å². The van der Waals surface area contributed by atoms with Crippen LogP contribution in [0.4, 0.5) is 0 Å². The zero-order chi connectivity index (χ0) is 15.9. The Bertz CT molecular complexity index is 375. The fraction of sp³-hybridized carbons (Fsp3) is 0.875. The first kappa shape index (κ1) is 17.2. The van der Waals surface area contributed by atoms with E-state index in [0.717, 1.165) is 51.9 Å². The molecule has 2 amide bonds. The van der Waals surface area contributed by atoms with Gasteiger partial charge in [-0.3, -0.25) is 14.5 Å². The summed E-state index contributed by atoms with van der Waals surface area (Å²) < 4.78 is 5.01. The van der Waals surface area contributed by atoms with Crippen LogP contribution in [-0.2, 0) is 14.3 Å². The predicted octanol–water partition coefficient (Wildman–Crippen LogP) is 0.472. The van der Waals surface area contributed by atoms with Crippen LogP contribution in [0.5, 0.6) is 0 Å². The average Bonchev–Trinajstić information content (AvgIpc) is 3.01. The average molecular weight is 311 g/mol. The highest BCUT2D eigenvalue weighted by atomic mass is 16.5. The maximum absolute atomic E-state index is 12.4. The lowest BCUT2D eigenvalue weighted by Crippen LogP contribution is -2.46. The molecule has 2 saturated heterocycles. The van der Waals surface area contributed by atoms with E-state index in [2.05, 4.69) is 10.2 Å². The maximum Gasteiger partial charge on any atom is 0.234 e. The quantitative estimate of drug-likeness (QED) is 0.775. The van der Waals surface area contributed by atoms with Crippen molar-refractivity contribution in [3.63, 3.8) is 0 Å².